The van der Waals surface area contributed by atoms with Crippen LogP contribution in [0.4, 0.5) is 0 Å². The zero-order valence-corrected chi connectivity index (χ0v) is 11.6. The molecule has 0 radical (unpaired) electrons. The van der Waals surface area contributed by atoms with E-state index in [4.69, 9.17) is 28.5 Å². The largest absolute Gasteiger partial charge is 0.296 e. The number of nitriles is 1. The zero-order chi connectivity index (χ0) is 13.0. The minimum Gasteiger partial charge on any atom is -0.296 e. The van der Waals surface area contributed by atoms with Crippen LogP contribution in [0.1, 0.15) is 5.56 Å². The van der Waals surface area contributed by atoms with Gasteiger partial charge in [0.05, 0.1) is 12.6 Å². The van der Waals surface area contributed by atoms with Crippen LogP contribution in [0.2, 0.25) is 10.0 Å². The predicted octanol–water partition coefficient (Wildman–Crippen LogP) is 2.63. The summed E-state index contributed by atoms with van der Waals surface area (Å²) < 4.78 is 0. The molecular weight excluding hydrogens is 269 g/mol. The highest BCUT2D eigenvalue weighted by molar-refractivity contribution is 6.35. The number of rotatable bonds is 3. The average Bonchev–Trinajstić information content (AvgIpc) is 2.35. The first-order valence-electron chi connectivity index (χ1n) is 5.94. The molecule has 18 heavy (non-hydrogen) atoms. The summed E-state index contributed by atoms with van der Waals surface area (Å²) in [6, 6.07) is 7.82. The van der Waals surface area contributed by atoms with Crippen molar-refractivity contribution >= 4 is 23.2 Å². The SMILES string of the molecule is N#CCN1CCN(Cc2ccc(Cl)cc2Cl)CC1. The van der Waals surface area contributed by atoms with E-state index in [9.17, 15) is 0 Å². The molecule has 0 saturated carbocycles. The normalized spacial score (nSPS) is 17.6. The minimum atomic E-state index is 0.523. The van der Waals surface area contributed by atoms with Crippen LogP contribution < -0.4 is 0 Å². The van der Waals surface area contributed by atoms with Crippen molar-refractivity contribution in [3.63, 3.8) is 0 Å². The van der Waals surface area contributed by atoms with Gasteiger partial charge in [0.2, 0.25) is 0 Å². The van der Waals surface area contributed by atoms with Crippen LogP contribution in [0.5, 0.6) is 0 Å². The molecule has 0 amide bonds. The Labute approximate surface area is 117 Å². The maximum absolute atomic E-state index is 8.65. The van der Waals surface area contributed by atoms with E-state index in [0.29, 0.717) is 11.6 Å². The Morgan fingerprint density at radius 1 is 1.11 bits per heavy atom. The molecular formula is C13H15Cl2N3. The molecule has 0 spiro atoms. The summed E-state index contributed by atoms with van der Waals surface area (Å²) in [7, 11) is 0. The van der Waals surface area contributed by atoms with E-state index in [-0.39, 0.29) is 0 Å². The van der Waals surface area contributed by atoms with Crippen molar-refractivity contribution in [3.8, 4) is 6.07 Å². The van der Waals surface area contributed by atoms with Gasteiger partial charge in [0.15, 0.2) is 0 Å². The van der Waals surface area contributed by atoms with Gasteiger partial charge >= 0.3 is 0 Å². The molecule has 0 atom stereocenters. The first-order chi connectivity index (χ1) is 8.69. The third-order valence-corrected chi connectivity index (χ3v) is 3.76. The molecule has 0 N–H and O–H groups in total. The second-order valence-electron chi connectivity index (χ2n) is 4.45. The second-order valence-corrected chi connectivity index (χ2v) is 5.29. The van der Waals surface area contributed by atoms with Gasteiger partial charge in [-0.15, -0.1) is 0 Å². The molecule has 1 aliphatic heterocycles. The van der Waals surface area contributed by atoms with E-state index in [0.717, 1.165) is 43.3 Å². The van der Waals surface area contributed by atoms with Gasteiger partial charge < -0.3 is 0 Å². The Bertz CT molecular complexity index is 448. The molecule has 1 heterocycles. The summed E-state index contributed by atoms with van der Waals surface area (Å²) in [5.74, 6) is 0. The van der Waals surface area contributed by atoms with Crippen LogP contribution in [0, 0.1) is 11.3 Å². The van der Waals surface area contributed by atoms with Gasteiger partial charge in [0.1, 0.15) is 0 Å². The maximum atomic E-state index is 8.65. The Morgan fingerprint density at radius 3 is 2.39 bits per heavy atom. The summed E-state index contributed by atoms with van der Waals surface area (Å²) in [6.07, 6.45) is 0. The van der Waals surface area contributed by atoms with E-state index in [1.54, 1.807) is 6.07 Å². The molecule has 1 aliphatic rings. The van der Waals surface area contributed by atoms with Gasteiger partial charge in [-0.2, -0.15) is 5.26 Å². The van der Waals surface area contributed by atoms with Gasteiger partial charge in [0, 0.05) is 42.8 Å². The lowest BCUT2D eigenvalue weighted by Crippen LogP contribution is -2.45. The Hall–Kier alpha value is -0.790. The molecule has 3 nitrogen and oxygen atoms in total. The van der Waals surface area contributed by atoms with Crippen LogP contribution in [0.3, 0.4) is 0 Å². The van der Waals surface area contributed by atoms with Gasteiger partial charge in [-0.1, -0.05) is 29.3 Å². The van der Waals surface area contributed by atoms with Crippen molar-refractivity contribution in [1.82, 2.24) is 9.80 Å². The van der Waals surface area contributed by atoms with Crippen molar-refractivity contribution < 1.29 is 0 Å². The van der Waals surface area contributed by atoms with Crippen LogP contribution in [-0.4, -0.2) is 42.5 Å². The van der Waals surface area contributed by atoms with Crippen molar-refractivity contribution in [1.29, 1.82) is 5.26 Å². The lowest BCUT2D eigenvalue weighted by Gasteiger charge is -2.33. The number of hydrogen-bond acceptors (Lipinski definition) is 3. The quantitative estimate of drug-likeness (QED) is 0.799. The first kappa shape index (κ1) is 13.6. The molecule has 1 saturated heterocycles. The molecule has 5 heteroatoms. The van der Waals surface area contributed by atoms with Gasteiger partial charge in [-0.25, -0.2) is 0 Å². The molecule has 96 valence electrons. The Morgan fingerprint density at radius 2 is 1.78 bits per heavy atom. The van der Waals surface area contributed by atoms with E-state index in [2.05, 4.69) is 15.9 Å². The fraction of sp³-hybridized carbons (Fsp3) is 0.462. The number of nitrogens with zero attached hydrogens (tertiary/aromatic N) is 3. The smallest absolute Gasteiger partial charge is 0.0866 e. The third kappa shape index (κ3) is 3.60. The summed E-state index contributed by atoms with van der Waals surface area (Å²) >= 11 is 12.0. The molecule has 0 aliphatic carbocycles. The molecule has 0 bridgehead atoms. The van der Waals surface area contributed by atoms with Gasteiger partial charge in [-0.05, 0) is 17.7 Å². The molecule has 1 aromatic rings. The summed E-state index contributed by atoms with van der Waals surface area (Å²) in [5.41, 5.74) is 1.11. The second kappa shape index (κ2) is 6.40. The standard InChI is InChI=1S/C13H15Cl2N3/c14-12-2-1-11(13(15)9-12)10-18-7-5-17(4-3-16)6-8-18/h1-2,9H,4-8,10H2. The van der Waals surface area contributed by atoms with Crippen LogP contribution in [-0.2, 0) is 6.54 Å². The number of halogens is 2. The Balaban J connectivity index is 1.90. The third-order valence-electron chi connectivity index (χ3n) is 3.17. The fourth-order valence-electron chi connectivity index (χ4n) is 2.10. The number of benzene rings is 1. The highest BCUT2D eigenvalue weighted by Gasteiger charge is 2.17. The highest BCUT2D eigenvalue weighted by Crippen LogP contribution is 2.22. The van der Waals surface area contributed by atoms with Crippen molar-refractivity contribution in [2.45, 2.75) is 6.54 Å². The fourth-order valence-corrected chi connectivity index (χ4v) is 2.56. The molecule has 2 rings (SSSR count). The molecule has 0 aromatic heterocycles. The van der Waals surface area contributed by atoms with Crippen molar-refractivity contribution in [3.05, 3.63) is 33.8 Å². The number of hydrogen-bond donors (Lipinski definition) is 0. The maximum Gasteiger partial charge on any atom is 0.0866 e. The lowest BCUT2D eigenvalue weighted by molar-refractivity contribution is 0.138. The van der Waals surface area contributed by atoms with E-state index >= 15 is 0 Å². The topological polar surface area (TPSA) is 30.3 Å². The lowest BCUT2D eigenvalue weighted by atomic mass is 10.2. The van der Waals surface area contributed by atoms with E-state index in [1.165, 1.54) is 0 Å². The van der Waals surface area contributed by atoms with Crippen LogP contribution >= 0.6 is 23.2 Å². The van der Waals surface area contributed by atoms with E-state index < -0.39 is 0 Å². The zero-order valence-electron chi connectivity index (χ0n) is 10.1. The van der Waals surface area contributed by atoms with E-state index in [1.807, 2.05) is 12.1 Å². The minimum absolute atomic E-state index is 0.523. The molecule has 0 unspecified atom stereocenters. The van der Waals surface area contributed by atoms with Crippen LogP contribution in [0.15, 0.2) is 18.2 Å². The van der Waals surface area contributed by atoms with Crippen LogP contribution in [0.25, 0.3) is 0 Å². The van der Waals surface area contributed by atoms with Gasteiger partial charge in [-0.3, -0.25) is 9.80 Å². The first-order valence-corrected chi connectivity index (χ1v) is 6.70. The highest BCUT2D eigenvalue weighted by atomic mass is 35.5. The van der Waals surface area contributed by atoms with Gasteiger partial charge in [0.25, 0.3) is 0 Å². The molecule has 1 aromatic carbocycles. The summed E-state index contributed by atoms with van der Waals surface area (Å²) in [5, 5.41) is 10.0. The summed E-state index contributed by atoms with van der Waals surface area (Å²) in [4.78, 5) is 4.52. The number of piperazine rings is 1. The molecule has 1 fully saturated rings. The predicted molar refractivity (Wildman–Crippen MR) is 73.8 cm³/mol. The monoisotopic (exact) mass is 283 g/mol. The Kier molecular flexibility index (Phi) is 4.85. The van der Waals surface area contributed by atoms with Crippen molar-refractivity contribution in [2.24, 2.45) is 0 Å². The van der Waals surface area contributed by atoms with Crippen molar-refractivity contribution in [2.75, 3.05) is 32.7 Å². The average molecular weight is 284 g/mol. The summed E-state index contributed by atoms with van der Waals surface area (Å²) in [6.45, 7) is 5.20.